The first kappa shape index (κ1) is 20.7. The first-order valence-electron chi connectivity index (χ1n) is 7.92. The third-order valence-electron chi connectivity index (χ3n) is 4.01. The largest absolute Gasteiger partial charge is 0.289 e. The maximum absolute atomic E-state index is 13.1. The standard InChI is InChI=1S/C17H13BrClF2N3O3S/c1-2-28(26,27)15-4-3-9(19)5-14(15)23-24-8-22-13-7-12(18)10(16(20)21)6-11(13)17(24)25/h3-8,16,23H,2H2,1H3. The number of rotatable bonds is 5. The zero-order chi connectivity index (χ0) is 20.6. The molecule has 0 spiro atoms. The number of alkyl halides is 2. The Labute approximate surface area is 172 Å². The number of aromatic nitrogens is 2. The van der Waals surface area contributed by atoms with Gasteiger partial charge >= 0.3 is 0 Å². The normalized spacial score (nSPS) is 11.9. The second-order valence-electron chi connectivity index (χ2n) is 5.77. The summed E-state index contributed by atoms with van der Waals surface area (Å²) < 4.78 is 52.0. The molecule has 0 amide bonds. The van der Waals surface area contributed by atoms with Gasteiger partial charge in [0.15, 0.2) is 9.84 Å². The molecule has 3 aromatic rings. The van der Waals surface area contributed by atoms with Crippen molar-refractivity contribution in [1.29, 1.82) is 0 Å². The van der Waals surface area contributed by atoms with E-state index in [4.69, 9.17) is 11.6 Å². The fourth-order valence-corrected chi connectivity index (χ4v) is 4.26. The Morgan fingerprint density at radius 2 is 2.00 bits per heavy atom. The lowest BCUT2D eigenvalue weighted by atomic mass is 10.1. The van der Waals surface area contributed by atoms with Gasteiger partial charge in [0.25, 0.3) is 12.0 Å². The van der Waals surface area contributed by atoms with Crippen LogP contribution < -0.4 is 11.0 Å². The fourth-order valence-electron chi connectivity index (χ4n) is 2.55. The molecule has 1 aromatic heterocycles. The van der Waals surface area contributed by atoms with Crippen LogP contribution in [0.4, 0.5) is 14.5 Å². The number of anilines is 1. The molecule has 0 atom stereocenters. The van der Waals surface area contributed by atoms with Gasteiger partial charge in [-0.3, -0.25) is 10.2 Å². The van der Waals surface area contributed by atoms with Crippen LogP contribution in [0.15, 0.2) is 50.8 Å². The van der Waals surface area contributed by atoms with Gasteiger partial charge < -0.3 is 0 Å². The van der Waals surface area contributed by atoms with Gasteiger partial charge in [-0.1, -0.05) is 34.5 Å². The average molecular weight is 493 g/mol. The van der Waals surface area contributed by atoms with Crippen LogP contribution in [0.3, 0.4) is 0 Å². The Morgan fingerprint density at radius 1 is 1.29 bits per heavy atom. The molecule has 0 fully saturated rings. The van der Waals surface area contributed by atoms with Gasteiger partial charge in [0.05, 0.1) is 27.2 Å². The topological polar surface area (TPSA) is 81.1 Å². The van der Waals surface area contributed by atoms with Crippen molar-refractivity contribution in [2.24, 2.45) is 0 Å². The maximum Gasteiger partial charge on any atom is 0.280 e. The Bertz CT molecular complexity index is 1230. The van der Waals surface area contributed by atoms with E-state index in [2.05, 4.69) is 26.3 Å². The lowest BCUT2D eigenvalue weighted by Gasteiger charge is -2.14. The monoisotopic (exact) mass is 491 g/mol. The third-order valence-corrected chi connectivity index (χ3v) is 6.72. The van der Waals surface area contributed by atoms with Crippen LogP contribution in [0, 0.1) is 0 Å². The van der Waals surface area contributed by atoms with Crippen LogP contribution >= 0.6 is 27.5 Å². The molecule has 3 rings (SSSR count). The number of benzene rings is 2. The summed E-state index contributed by atoms with van der Waals surface area (Å²) in [7, 11) is -3.61. The van der Waals surface area contributed by atoms with E-state index in [-0.39, 0.29) is 42.3 Å². The molecule has 28 heavy (non-hydrogen) atoms. The van der Waals surface area contributed by atoms with Gasteiger partial charge in [-0.15, -0.1) is 0 Å². The minimum Gasteiger partial charge on any atom is -0.289 e. The molecule has 0 aliphatic carbocycles. The summed E-state index contributed by atoms with van der Waals surface area (Å²) in [6.07, 6.45) is -1.64. The number of fused-ring (bicyclic) bond motifs is 1. The van der Waals surface area contributed by atoms with Crippen LogP contribution in [-0.4, -0.2) is 23.8 Å². The van der Waals surface area contributed by atoms with E-state index in [1.54, 1.807) is 0 Å². The van der Waals surface area contributed by atoms with E-state index >= 15 is 0 Å². The highest BCUT2D eigenvalue weighted by Crippen LogP contribution is 2.30. The van der Waals surface area contributed by atoms with Crippen molar-refractivity contribution in [3.05, 3.63) is 62.1 Å². The van der Waals surface area contributed by atoms with Crippen LogP contribution in [-0.2, 0) is 9.84 Å². The first-order chi connectivity index (χ1) is 13.1. The number of halogens is 4. The van der Waals surface area contributed by atoms with Crippen molar-refractivity contribution >= 4 is 54.0 Å². The molecule has 0 saturated carbocycles. The summed E-state index contributed by atoms with van der Waals surface area (Å²) in [5, 5.41) is 0.207. The maximum atomic E-state index is 13.1. The van der Waals surface area contributed by atoms with Gasteiger partial charge in [0, 0.05) is 15.1 Å². The van der Waals surface area contributed by atoms with Crippen LogP contribution in [0.1, 0.15) is 18.9 Å². The van der Waals surface area contributed by atoms with E-state index < -0.39 is 21.8 Å². The van der Waals surface area contributed by atoms with Gasteiger partial charge in [-0.2, -0.15) is 0 Å². The number of sulfone groups is 1. The predicted molar refractivity (Wildman–Crippen MR) is 107 cm³/mol. The van der Waals surface area contributed by atoms with Gasteiger partial charge in [0.2, 0.25) is 0 Å². The zero-order valence-corrected chi connectivity index (χ0v) is 17.4. The van der Waals surface area contributed by atoms with Crippen molar-refractivity contribution in [3.8, 4) is 0 Å². The molecule has 0 bridgehead atoms. The van der Waals surface area contributed by atoms with Crippen molar-refractivity contribution in [2.45, 2.75) is 18.2 Å². The number of nitrogens with zero attached hydrogens (tertiary/aromatic N) is 2. The molecule has 0 radical (unpaired) electrons. The van der Waals surface area contributed by atoms with Crippen LogP contribution in [0.2, 0.25) is 5.02 Å². The Balaban J connectivity index is 2.17. The van der Waals surface area contributed by atoms with Gasteiger partial charge in [-0.25, -0.2) is 26.9 Å². The first-order valence-corrected chi connectivity index (χ1v) is 10.7. The molecule has 1 N–H and O–H groups in total. The minimum absolute atomic E-state index is 0.0459. The minimum atomic E-state index is -3.61. The molecule has 148 valence electrons. The van der Waals surface area contributed by atoms with E-state index in [1.165, 1.54) is 31.2 Å². The van der Waals surface area contributed by atoms with E-state index in [0.717, 1.165) is 17.1 Å². The van der Waals surface area contributed by atoms with Crippen LogP contribution in [0.5, 0.6) is 0 Å². The van der Waals surface area contributed by atoms with Gasteiger partial charge in [-0.05, 0) is 30.3 Å². The van der Waals surface area contributed by atoms with Crippen molar-refractivity contribution < 1.29 is 17.2 Å². The number of hydrogen-bond donors (Lipinski definition) is 1. The highest BCUT2D eigenvalue weighted by atomic mass is 79.9. The summed E-state index contributed by atoms with van der Waals surface area (Å²) in [5.74, 6) is -0.153. The molecule has 0 aliphatic heterocycles. The fraction of sp³-hybridized carbons (Fsp3) is 0.176. The second-order valence-corrected chi connectivity index (χ2v) is 9.30. The average Bonchev–Trinajstić information content (AvgIpc) is 2.63. The number of nitrogens with one attached hydrogen (secondary N) is 1. The molecule has 0 saturated heterocycles. The molecule has 11 heteroatoms. The molecule has 0 unspecified atom stereocenters. The van der Waals surface area contributed by atoms with Gasteiger partial charge in [0.1, 0.15) is 6.33 Å². The number of hydrogen-bond acceptors (Lipinski definition) is 5. The highest BCUT2D eigenvalue weighted by molar-refractivity contribution is 9.10. The lowest BCUT2D eigenvalue weighted by molar-refractivity contribution is 0.150. The Kier molecular flexibility index (Phi) is 5.74. The SMILES string of the molecule is CCS(=O)(=O)c1ccc(Cl)cc1Nn1cnc2cc(Br)c(C(F)F)cc2c1=O. The summed E-state index contributed by atoms with van der Waals surface area (Å²) >= 11 is 8.99. The third kappa shape index (κ3) is 3.89. The molecule has 2 aromatic carbocycles. The molecule has 6 nitrogen and oxygen atoms in total. The molecular weight excluding hydrogens is 480 g/mol. The summed E-state index contributed by atoms with van der Waals surface area (Å²) in [6, 6.07) is 6.49. The zero-order valence-electron chi connectivity index (χ0n) is 14.3. The second kappa shape index (κ2) is 7.76. The van der Waals surface area contributed by atoms with Crippen molar-refractivity contribution in [2.75, 3.05) is 11.2 Å². The van der Waals surface area contributed by atoms with E-state index in [1.807, 2.05) is 0 Å². The van der Waals surface area contributed by atoms with E-state index in [9.17, 15) is 22.0 Å². The predicted octanol–water partition coefficient (Wildman–Crippen LogP) is 4.42. The summed E-state index contributed by atoms with van der Waals surface area (Å²) in [6.45, 7) is 1.49. The summed E-state index contributed by atoms with van der Waals surface area (Å²) in [4.78, 5) is 16.8. The molecule has 1 heterocycles. The molecular formula is C17H13BrClF2N3O3S. The van der Waals surface area contributed by atoms with E-state index in [0.29, 0.717) is 0 Å². The van der Waals surface area contributed by atoms with Crippen LogP contribution in [0.25, 0.3) is 10.9 Å². The molecule has 0 aliphatic rings. The Hall–Kier alpha value is -2.04. The Morgan fingerprint density at radius 3 is 2.64 bits per heavy atom. The smallest absolute Gasteiger partial charge is 0.280 e. The lowest BCUT2D eigenvalue weighted by Crippen LogP contribution is -2.27. The highest BCUT2D eigenvalue weighted by Gasteiger charge is 2.19. The van der Waals surface area contributed by atoms with Crippen molar-refractivity contribution in [1.82, 2.24) is 9.66 Å². The van der Waals surface area contributed by atoms with Crippen molar-refractivity contribution in [3.63, 3.8) is 0 Å². The summed E-state index contributed by atoms with van der Waals surface area (Å²) in [5.41, 5.74) is 1.93. The quantitative estimate of drug-likeness (QED) is 0.570.